The molecule has 7 heteroatoms. The highest BCUT2D eigenvalue weighted by atomic mass is 127. The summed E-state index contributed by atoms with van der Waals surface area (Å²) in [5.41, 5.74) is 5.58. The van der Waals surface area contributed by atoms with Crippen LogP contribution in [-0.4, -0.2) is 16.5 Å². The lowest BCUT2D eigenvalue weighted by Gasteiger charge is -2.06. The van der Waals surface area contributed by atoms with Crippen LogP contribution < -0.4 is 11.1 Å². The summed E-state index contributed by atoms with van der Waals surface area (Å²) in [4.78, 5) is 9.18. The summed E-state index contributed by atoms with van der Waals surface area (Å²) in [5.74, 6) is 0.889. The minimum absolute atomic E-state index is 0.301. The van der Waals surface area contributed by atoms with Gasteiger partial charge in [-0.25, -0.2) is 9.97 Å². The van der Waals surface area contributed by atoms with Crippen LogP contribution in [0.3, 0.4) is 0 Å². The molecule has 0 aliphatic rings. The average molecular weight is 381 g/mol. The third-order valence-electron chi connectivity index (χ3n) is 2.11. The maximum absolute atomic E-state index is 5.97. The number of hydrogen-bond donors (Lipinski definition) is 2. The first-order valence-corrected chi connectivity index (χ1v) is 7.18. The number of nitrogens with zero attached hydrogens (tertiary/aromatic N) is 2. The van der Waals surface area contributed by atoms with Crippen molar-refractivity contribution in [3.05, 3.63) is 31.2 Å². The second-order valence-corrected chi connectivity index (χ2v) is 6.74. The molecule has 2 rings (SSSR count). The van der Waals surface area contributed by atoms with Gasteiger partial charge in [0.05, 0.1) is 2.88 Å². The van der Waals surface area contributed by atoms with Crippen molar-refractivity contribution in [2.75, 3.05) is 17.6 Å². The van der Waals surface area contributed by atoms with E-state index in [9.17, 15) is 0 Å². The fraction of sp³-hybridized carbons (Fsp3) is 0.200. The lowest BCUT2D eigenvalue weighted by molar-refractivity contribution is 1.02. The predicted octanol–water partition coefficient (Wildman–Crippen LogP) is 3.03. The zero-order valence-corrected chi connectivity index (χ0v) is 12.5. The van der Waals surface area contributed by atoms with Gasteiger partial charge >= 0.3 is 0 Å². The highest BCUT2D eigenvalue weighted by molar-refractivity contribution is 14.1. The third kappa shape index (κ3) is 3.43. The van der Waals surface area contributed by atoms with Gasteiger partial charge in [0.1, 0.15) is 23.0 Å². The van der Waals surface area contributed by atoms with Gasteiger partial charge in [0.25, 0.3) is 0 Å². The molecule has 0 saturated carbocycles. The van der Waals surface area contributed by atoms with Crippen LogP contribution in [0.25, 0.3) is 0 Å². The van der Waals surface area contributed by atoms with Gasteiger partial charge in [-0.05, 0) is 41.1 Å². The van der Waals surface area contributed by atoms with Crippen molar-refractivity contribution >= 4 is 57.2 Å². The first kappa shape index (κ1) is 12.8. The van der Waals surface area contributed by atoms with Crippen LogP contribution in [-0.2, 0) is 6.42 Å². The SMILES string of the molecule is Nc1ncnc(NCCc2ccc(I)s2)c1Cl. The van der Waals surface area contributed by atoms with Crippen molar-refractivity contribution in [2.24, 2.45) is 0 Å². The normalized spacial score (nSPS) is 10.5. The van der Waals surface area contributed by atoms with Gasteiger partial charge in [-0.3, -0.25) is 0 Å². The minimum Gasteiger partial charge on any atom is -0.382 e. The molecule has 90 valence electrons. The summed E-state index contributed by atoms with van der Waals surface area (Å²) in [6.45, 7) is 0.771. The minimum atomic E-state index is 0.301. The number of nitrogens with two attached hydrogens (primary N) is 1. The molecule has 0 saturated heterocycles. The Bertz CT molecular complexity index is 517. The molecule has 0 fully saturated rings. The summed E-state index contributed by atoms with van der Waals surface area (Å²) in [6, 6.07) is 4.24. The summed E-state index contributed by atoms with van der Waals surface area (Å²) in [6.07, 6.45) is 2.34. The molecule has 17 heavy (non-hydrogen) atoms. The van der Waals surface area contributed by atoms with E-state index in [1.165, 1.54) is 14.1 Å². The molecular weight excluding hydrogens is 371 g/mol. The smallest absolute Gasteiger partial charge is 0.150 e. The Morgan fingerprint density at radius 2 is 2.24 bits per heavy atom. The summed E-state index contributed by atoms with van der Waals surface area (Å²) in [5, 5.41) is 3.54. The summed E-state index contributed by atoms with van der Waals surface area (Å²) >= 11 is 10.1. The highest BCUT2D eigenvalue weighted by Crippen LogP contribution is 2.23. The molecule has 0 unspecified atom stereocenters. The summed E-state index contributed by atoms with van der Waals surface area (Å²) in [7, 11) is 0. The number of aromatic nitrogens is 2. The molecule has 0 atom stereocenters. The fourth-order valence-corrected chi connectivity index (χ4v) is 3.22. The molecule has 0 bridgehead atoms. The Kier molecular flexibility index (Phi) is 4.41. The lowest BCUT2D eigenvalue weighted by Crippen LogP contribution is -2.07. The van der Waals surface area contributed by atoms with Crippen LogP contribution in [0.5, 0.6) is 0 Å². The second kappa shape index (κ2) is 5.83. The van der Waals surface area contributed by atoms with E-state index in [2.05, 4.69) is 50.0 Å². The third-order valence-corrected chi connectivity index (χ3v) is 4.44. The van der Waals surface area contributed by atoms with Crippen molar-refractivity contribution in [1.29, 1.82) is 0 Å². The van der Waals surface area contributed by atoms with Gasteiger partial charge < -0.3 is 11.1 Å². The number of halogens is 2. The second-order valence-electron chi connectivity index (χ2n) is 3.30. The van der Waals surface area contributed by atoms with Gasteiger partial charge in [-0.2, -0.15) is 0 Å². The number of nitrogen functional groups attached to an aromatic ring is 1. The topological polar surface area (TPSA) is 63.8 Å². The van der Waals surface area contributed by atoms with Crippen LogP contribution in [0.4, 0.5) is 11.6 Å². The van der Waals surface area contributed by atoms with E-state index < -0.39 is 0 Å². The molecule has 0 aliphatic heterocycles. The number of nitrogens with one attached hydrogen (secondary N) is 1. The van der Waals surface area contributed by atoms with Crippen molar-refractivity contribution in [3.63, 3.8) is 0 Å². The largest absolute Gasteiger partial charge is 0.382 e. The van der Waals surface area contributed by atoms with E-state index in [0.717, 1.165) is 13.0 Å². The Balaban J connectivity index is 1.92. The standard InChI is InChI=1S/C10H10ClIN4S/c11-8-9(13)15-5-16-10(8)14-4-3-6-1-2-7(12)17-6/h1-2,5H,3-4H2,(H3,13,14,15,16). The van der Waals surface area contributed by atoms with Crippen molar-refractivity contribution in [1.82, 2.24) is 9.97 Å². The zero-order chi connectivity index (χ0) is 12.3. The first-order chi connectivity index (χ1) is 8.16. The number of anilines is 2. The molecule has 0 spiro atoms. The molecule has 0 aromatic carbocycles. The molecule has 0 amide bonds. The maximum Gasteiger partial charge on any atom is 0.150 e. The fourth-order valence-electron chi connectivity index (χ4n) is 1.30. The Hall–Kier alpha value is -0.600. The van der Waals surface area contributed by atoms with E-state index in [1.807, 2.05) is 0 Å². The summed E-state index contributed by atoms with van der Waals surface area (Å²) < 4.78 is 1.29. The van der Waals surface area contributed by atoms with Crippen molar-refractivity contribution in [3.8, 4) is 0 Å². The van der Waals surface area contributed by atoms with Gasteiger partial charge in [0.15, 0.2) is 0 Å². The van der Waals surface area contributed by atoms with E-state index in [1.54, 1.807) is 11.3 Å². The van der Waals surface area contributed by atoms with Crippen LogP contribution in [0.2, 0.25) is 5.02 Å². The first-order valence-electron chi connectivity index (χ1n) is 4.91. The van der Waals surface area contributed by atoms with E-state index in [-0.39, 0.29) is 0 Å². The quantitative estimate of drug-likeness (QED) is 0.800. The van der Waals surface area contributed by atoms with Gasteiger partial charge in [0.2, 0.25) is 0 Å². The zero-order valence-electron chi connectivity index (χ0n) is 8.78. The number of hydrogen-bond acceptors (Lipinski definition) is 5. The van der Waals surface area contributed by atoms with E-state index in [4.69, 9.17) is 17.3 Å². The van der Waals surface area contributed by atoms with Crippen LogP contribution in [0, 0.1) is 2.88 Å². The Morgan fingerprint density at radius 3 is 2.94 bits per heavy atom. The molecule has 0 aliphatic carbocycles. The molecule has 3 N–H and O–H groups in total. The van der Waals surface area contributed by atoms with Crippen molar-refractivity contribution in [2.45, 2.75) is 6.42 Å². The van der Waals surface area contributed by atoms with Crippen LogP contribution in [0.1, 0.15) is 4.88 Å². The van der Waals surface area contributed by atoms with E-state index >= 15 is 0 Å². The van der Waals surface area contributed by atoms with Crippen LogP contribution in [0.15, 0.2) is 18.5 Å². The number of rotatable bonds is 4. The van der Waals surface area contributed by atoms with Crippen LogP contribution >= 0.6 is 45.5 Å². The van der Waals surface area contributed by atoms with Gasteiger partial charge in [-0.1, -0.05) is 11.6 Å². The van der Waals surface area contributed by atoms with Gasteiger partial charge in [-0.15, -0.1) is 11.3 Å². The molecule has 0 radical (unpaired) electrons. The monoisotopic (exact) mass is 380 g/mol. The predicted molar refractivity (Wildman–Crippen MR) is 80.7 cm³/mol. The van der Waals surface area contributed by atoms with Crippen molar-refractivity contribution < 1.29 is 0 Å². The Labute approximate surface area is 122 Å². The molecular formula is C10H10ClIN4S. The molecule has 2 aromatic heterocycles. The Morgan fingerprint density at radius 1 is 1.41 bits per heavy atom. The maximum atomic E-state index is 5.97. The highest BCUT2D eigenvalue weighted by Gasteiger charge is 2.05. The molecule has 4 nitrogen and oxygen atoms in total. The number of thiophene rings is 1. The average Bonchev–Trinajstić information content (AvgIpc) is 2.70. The molecule has 2 aromatic rings. The molecule has 2 heterocycles. The lowest BCUT2D eigenvalue weighted by atomic mass is 10.3. The van der Waals surface area contributed by atoms with Gasteiger partial charge in [0, 0.05) is 11.4 Å². The van der Waals surface area contributed by atoms with E-state index in [0.29, 0.717) is 16.7 Å².